The van der Waals surface area contributed by atoms with Gasteiger partial charge in [0.15, 0.2) is 0 Å². The molecule has 4 heteroatoms. The van der Waals surface area contributed by atoms with Gasteiger partial charge < -0.3 is 15.7 Å². The quantitative estimate of drug-likeness (QED) is 0.648. The molecule has 2 unspecified atom stereocenters. The van der Waals surface area contributed by atoms with Crippen LogP contribution in [0.3, 0.4) is 0 Å². The lowest BCUT2D eigenvalue weighted by atomic mass is 9.96. The normalized spacial score (nSPS) is 17.5. The molecule has 18 heavy (non-hydrogen) atoms. The summed E-state index contributed by atoms with van der Waals surface area (Å²) in [7, 11) is 4.18. The molecule has 0 saturated heterocycles. The highest BCUT2D eigenvalue weighted by Crippen LogP contribution is 2.16. The Bertz CT molecular complexity index is 217. The van der Waals surface area contributed by atoms with Crippen LogP contribution < -0.4 is 5.73 Å². The Morgan fingerprint density at radius 3 is 2.11 bits per heavy atom. The summed E-state index contributed by atoms with van der Waals surface area (Å²) < 4.78 is 0. The first-order valence-electron chi connectivity index (χ1n) is 6.99. The lowest BCUT2D eigenvalue weighted by molar-refractivity contribution is 0.0250. The molecule has 3 N–H and O–H groups in total. The molecule has 0 aromatic carbocycles. The Balaban J connectivity index is 4.43. The van der Waals surface area contributed by atoms with Crippen LogP contribution in [0.4, 0.5) is 0 Å². The number of nitrogens with two attached hydrogens (primary N) is 1. The summed E-state index contributed by atoms with van der Waals surface area (Å²) in [6, 6.07) is 0.353. The summed E-state index contributed by atoms with van der Waals surface area (Å²) >= 11 is 0. The molecule has 0 fully saturated rings. The van der Waals surface area contributed by atoms with Crippen molar-refractivity contribution in [3.63, 3.8) is 0 Å². The Morgan fingerprint density at radius 1 is 1.17 bits per heavy atom. The predicted octanol–water partition coefficient (Wildman–Crippen LogP) is 0.994. The van der Waals surface area contributed by atoms with E-state index in [-0.39, 0.29) is 0 Å². The summed E-state index contributed by atoms with van der Waals surface area (Å²) in [4.78, 5) is 4.65. The number of likely N-dealkylation sites (N-methyl/N-ethyl adjacent to an activating group) is 1. The van der Waals surface area contributed by atoms with Crippen molar-refractivity contribution in [3.8, 4) is 0 Å². The summed E-state index contributed by atoms with van der Waals surface area (Å²) in [5.74, 6) is 0.637. The van der Waals surface area contributed by atoms with Gasteiger partial charge in [-0.1, -0.05) is 13.8 Å². The highest BCUT2D eigenvalue weighted by molar-refractivity contribution is 4.81. The van der Waals surface area contributed by atoms with E-state index in [1.54, 1.807) is 0 Å². The molecule has 0 aliphatic carbocycles. The minimum atomic E-state index is -0.757. The fourth-order valence-electron chi connectivity index (χ4n) is 2.14. The summed E-state index contributed by atoms with van der Waals surface area (Å²) in [6.45, 7) is 11.9. The zero-order valence-corrected chi connectivity index (χ0v) is 13.1. The van der Waals surface area contributed by atoms with Crippen LogP contribution in [0, 0.1) is 5.92 Å². The molecule has 0 rings (SSSR count). The largest absolute Gasteiger partial charge is 0.389 e. The number of hydrogen-bond donors (Lipinski definition) is 2. The molecule has 110 valence electrons. The third-order valence-corrected chi connectivity index (χ3v) is 3.23. The van der Waals surface area contributed by atoms with Gasteiger partial charge in [0.1, 0.15) is 0 Å². The van der Waals surface area contributed by atoms with Gasteiger partial charge in [-0.15, -0.1) is 0 Å². The fraction of sp³-hybridized carbons (Fsp3) is 1.00. The van der Waals surface area contributed by atoms with Gasteiger partial charge in [0.2, 0.25) is 0 Å². The second-order valence-electron chi connectivity index (χ2n) is 6.45. The van der Waals surface area contributed by atoms with Gasteiger partial charge in [0.25, 0.3) is 0 Å². The van der Waals surface area contributed by atoms with Crippen molar-refractivity contribution in [1.29, 1.82) is 0 Å². The number of hydrogen-bond acceptors (Lipinski definition) is 4. The number of aliphatic hydroxyl groups is 1. The highest BCUT2D eigenvalue weighted by atomic mass is 16.3. The maximum atomic E-state index is 10.1. The van der Waals surface area contributed by atoms with E-state index < -0.39 is 5.60 Å². The minimum Gasteiger partial charge on any atom is -0.389 e. The Kier molecular flexibility index (Phi) is 8.03. The lowest BCUT2D eigenvalue weighted by Crippen LogP contribution is -2.46. The monoisotopic (exact) mass is 259 g/mol. The lowest BCUT2D eigenvalue weighted by Gasteiger charge is -2.35. The second-order valence-corrected chi connectivity index (χ2v) is 6.45. The Hall–Kier alpha value is -0.160. The van der Waals surface area contributed by atoms with E-state index in [9.17, 15) is 5.11 Å². The van der Waals surface area contributed by atoms with Crippen LogP contribution in [0.2, 0.25) is 0 Å². The summed E-state index contributed by atoms with van der Waals surface area (Å²) in [5, 5.41) is 10.1. The van der Waals surface area contributed by atoms with Crippen LogP contribution in [0.5, 0.6) is 0 Å². The van der Waals surface area contributed by atoms with Gasteiger partial charge in [-0.05, 0) is 40.3 Å². The van der Waals surface area contributed by atoms with Gasteiger partial charge in [-0.3, -0.25) is 4.90 Å². The molecule has 0 spiro atoms. The molecular formula is C14H33N3O. The van der Waals surface area contributed by atoms with Crippen molar-refractivity contribution in [3.05, 3.63) is 0 Å². The molecule has 4 nitrogen and oxygen atoms in total. The Morgan fingerprint density at radius 2 is 1.72 bits per heavy atom. The van der Waals surface area contributed by atoms with E-state index in [1.165, 1.54) is 0 Å². The van der Waals surface area contributed by atoms with Gasteiger partial charge in [-0.2, -0.15) is 0 Å². The molecule has 0 bridgehead atoms. The molecule has 0 aliphatic heterocycles. The number of rotatable bonds is 9. The Labute approximate surface area is 113 Å². The van der Waals surface area contributed by atoms with Gasteiger partial charge in [0.05, 0.1) is 5.60 Å². The third kappa shape index (κ3) is 8.03. The van der Waals surface area contributed by atoms with Crippen LogP contribution >= 0.6 is 0 Å². The SMILES string of the molecule is CC(C)CN(CCN(C)C)C(C)CC(C)(O)CN. The highest BCUT2D eigenvalue weighted by Gasteiger charge is 2.25. The molecule has 2 atom stereocenters. The molecule has 0 radical (unpaired) electrons. The van der Waals surface area contributed by atoms with Crippen LogP contribution in [0.1, 0.15) is 34.1 Å². The maximum Gasteiger partial charge on any atom is 0.0756 e. The van der Waals surface area contributed by atoms with Crippen LogP contribution in [-0.2, 0) is 0 Å². The van der Waals surface area contributed by atoms with E-state index in [0.717, 1.165) is 26.1 Å². The summed E-state index contributed by atoms with van der Waals surface area (Å²) in [5.41, 5.74) is 4.84. The average molecular weight is 259 g/mol. The first-order chi connectivity index (χ1) is 8.18. The topological polar surface area (TPSA) is 52.7 Å². The smallest absolute Gasteiger partial charge is 0.0756 e. The third-order valence-electron chi connectivity index (χ3n) is 3.23. The number of nitrogens with zero attached hydrogens (tertiary/aromatic N) is 2. The van der Waals surface area contributed by atoms with E-state index in [4.69, 9.17) is 5.73 Å². The zero-order chi connectivity index (χ0) is 14.3. The van der Waals surface area contributed by atoms with Crippen molar-refractivity contribution in [2.45, 2.75) is 45.8 Å². The molecule has 0 saturated carbocycles. The van der Waals surface area contributed by atoms with Crippen molar-refractivity contribution in [2.24, 2.45) is 11.7 Å². The maximum absolute atomic E-state index is 10.1. The zero-order valence-electron chi connectivity index (χ0n) is 13.1. The average Bonchev–Trinajstić information content (AvgIpc) is 2.22. The van der Waals surface area contributed by atoms with E-state index in [2.05, 4.69) is 44.7 Å². The van der Waals surface area contributed by atoms with E-state index >= 15 is 0 Å². The van der Waals surface area contributed by atoms with Gasteiger partial charge >= 0.3 is 0 Å². The van der Waals surface area contributed by atoms with Crippen molar-refractivity contribution < 1.29 is 5.11 Å². The minimum absolute atomic E-state index is 0.320. The van der Waals surface area contributed by atoms with Crippen LogP contribution in [0.15, 0.2) is 0 Å². The second kappa shape index (κ2) is 8.10. The van der Waals surface area contributed by atoms with Crippen molar-refractivity contribution in [1.82, 2.24) is 9.80 Å². The molecule has 0 heterocycles. The fourth-order valence-corrected chi connectivity index (χ4v) is 2.14. The van der Waals surface area contributed by atoms with Crippen molar-refractivity contribution >= 4 is 0 Å². The standard InChI is InChI=1S/C14H33N3O/c1-12(2)10-17(8-7-16(5)6)13(3)9-14(4,18)11-15/h12-13,18H,7-11,15H2,1-6H3. The first kappa shape index (κ1) is 17.8. The molecule has 0 aromatic rings. The van der Waals surface area contributed by atoms with Crippen LogP contribution in [0.25, 0.3) is 0 Å². The van der Waals surface area contributed by atoms with E-state index in [0.29, 0.717) is 18.5 Å². The van der Waals surface area contributed by atoms with Gasteiger partial charge in [0, 0.05) is 32.2 Å². The van der Waals surface area contributed by atoms with Crippen LogP contribution in [-0.4, -0.2) is 66.8 Å². The molecule has 0 amide bonds. The predicted molar refractivity (Wildman–Crippen MR) is 78.7 cm³/mol. The first-order valence-corrected chi connectivity index (χ1v) is 6.99. The van der Waals surface area contributed by atoms with Gasteiger partial charge in [-0.25, -0.2) is 0 Å². The van der Waals surface area contributed by atoms with E-state index in [1.807, 2.05) is 6.92 Å². The molecular weight excluding hydrogens is 226 g/mol. The van der Waals surface area contributed by atoms with Crippen molar-refractivity contribution in [2.75, 3.05) is 40.3 Å². The molecule has 0 aliphatic rings. The molecule has 0 aromatic heterocycles. The summed E-state index contributed by atoms with van der Waals surface area (Å²) in [6.07, 6.45) is 0.726.